The van der Waals surface area contributed by atoms with E-state index in [1.54, 1.807) is 0 Å². The largest absolute Gasteiger partial charge is 0.480 e. The van der Waals surface area contributed by atoms with E-state index in [9.17, 15) is 39.9 Å². The number of carboxylic acid groups (broad SMARTS) is 1. The molecular weight excluding hydrogens is 480 g/mol. The van der Waals surface area contributed by atoms with Crippen molar-refractivity contribution in [3.63, 3.8) is 0 Å². The van der Waals surface area contributed by atoms with Crippen molar-refractivity contribution in [1.29, 1.82) is 0 Å². The number of carbonyl (C=O) groups excluding carboxylic acids is 2. The van der Waals surface area contributed by atoms with Gasteiger partial charge in [-0.2, -0.15) is 0 Å². The Bertz CT molecular complexity index is 687. The predicted molar refractivity (Wildman–Crippen MR) is 117 cm³/mol. The van der Waals surface area contributed by atoms with E-state index in [2.05, 4.69) is 20.8 Å². The maximum absolute atomic E-state index is 12.3. The first-order valence-corrected chi connectivity index (χ1v) is 11.2. The first-order valence-electron chi connectivity index (χ1n) is 10.8. The van der Waals surface area contributed by atoms with Gasteiger partial charge in [0.05, 0.1) is 6.61 Å². The molecule has 1 aliphatic heterocycles. The zero-order valence-electron chi connectivity index (χ0n) is 19.0. The van der Waals surface area contributed by atoms with Gasteiger partial charge in [0.1, 0.15) is 42.5 Å². The minimum absolute atomic E-state index is 0.138. The van der Waals surface area contributed by atoms with Crippen LogP contribution in [0.15, 0.2) is 0 Å². The molecule has 1 saturated heterocycles. The smallest absolute Gasteiger partial charge is 0.325 e. The number of nitrogens with one attached hydrogen (secondary N) is 4. The number of ether oxygens (including phenoxy) is 1. The lowest BCUT2D eigenvalue weighted by molar-refractivity contribution is -0.350. The Morgan fingerprint density at radius 1 is 1.03 bits per heavy atom. The lowest BCUT2D eigenvalue weighted by atomic mass is 9.91. The maximum Gasteiger partial charge on any atom is 0.325 e. The normalized spacial score (nSPS) is 29.6. The van der Waals surface area contributed by atoms with Gasteiger partial charge in [-0.15, -0.1) is 0 Å². The van der Waals surface area contributed by atoms with Crippen molar-refractivity contribution in [2.24, 2.45) is 0 Å². The van der Waals surface area contributed by atoms with Crippen LogP contribution in [0.25, 0.3) is 0 Å². The van der Waals surface area contributed by atoms with Crippen LogP contribution in [0.1, 0.15) is 33.1 Å². The third kappa shape index (κ3) is 8.55. The monoisotopic (exact) mass is 514 g/mol. The van der Waals surface area contributed by atoms with E-state index in [4.69, 9.17) is 21.6 Å². The molecule has 0 saturated carbocycles. The summed E-state index contributed by atoms with van der Waals surface area (Å²) < 4.78 is 5.16. The first kappa shape index (κ1) is 30.4. The van der Waals surface area contributed by atoms with Crippen LogP contribution in [0, 0.1) is 0 Å². The molecular formula is C19H35ClN4O10. The summed E-state index contributed by atoms with van der Waals surface area (Å²) in [6, 6.07) is -2.94. The van der Waals surface area contributed by atoms with E-state index in [0.29, 0.717) is 13.0 Å². The van der Waals surface area contributed by atoms with Crippen molar-refractivity contribution in [3.8, 4) is 0 Å². The maximum atomic E-state index is 12.3. The number of rotatable bonds is 14. The van der Waals surface area contributed by atoms with Crippen LogP contribution < -0.4 is 20.8 Å². The molecule has 0 aliphatic carbocycles. The molecule has 1 fully saturated rings. The summed E-state index contributed by atoms with van der Waals surface area (Å²) >= 11 is 5.63. The molecule has 198 valence electrons. The van der Waals surface area contributed by atoms with Gasteiger partial charge in [-0.1, -0.05) is 0 Å². The zero-order valence-corrected chi connectivity index (χ0v) is 19.7. The van der Waals surface area contributed by atoms with Crippen LogP contribution >= 0.6 is 11.8 Å². The van der Waals surface area contributed by atoms with Crippen molar-refractivity contribution >= 4 is 29.6 Å². The van der Waals surface area contributed by atoms with Crippen molar-refractivity contribution in [2.45, 2.75) is 81.4 Å². The minimum Gasteiger partial charge on any atom is -0.480 e. The summed E-state index contributed by atoms with van der Waals surface area (Å²) in [6.07, 6.45) is -5.73. The van der Waals surface area contributed by atoms with Crippen molar-refractivity contribution in [1.82, 2.24) is 20.8 Å². The fraction of sp³-hybridized carbons (Fsp3) is 0.842. The summed E-state index contributed by atoms with van der Waals surface area (Å²) in [4.78, 5) is 37.4. The Morgan fingerprint density at radius 2 is 1.65 bits per heavy atom. The van der Waals surface area contributed by atoms with E-state index in [1.165, 1.54) is 13.8 Å². The standard InChI is InChI=1S/C19H35ClN4O10/c1-9(16(29)23-10(2)18(31)32)22-17(30)11(24-20)4-3-6-21-7-5-19(33)15(28)14(27)13(26)12(8-25)34-19/h9-15,21,24-28,33H,3-8H2,1-2H3,(H,22,30)(H,23,29)(H,31,32). The van der Waals surface area contributed by atoms with Crippen LogP contribution in [0.4, 0.5) is 0 Å². The predicted octanol–water partition coefficient (Wildman–Crippen LogP) is -3.89. The molecule has 0 aromatic heterocycles. The number of hydrogen-bond donors (Lipinski definition) is 10. The van der Waals surface area contributed by atoms with Gasteiger partial charge in [0.2, 0.25) is 11.8 Å². The molecule has 1 heterocycles. The highest BCUT2D eigenvalue weighted by molar-refractivity contribution is 6.15. The van der Waals surface area contributed by atoms with Crippen LogP contribution in [0.3, 0.4) is 0 Å². The van der Waals surface area contributed by atoms with Gasteiger partial charge in [0.15, 0.2) is 5.79 Å². The highest BCUT2D eigenvalue weighted by Gasteiger charge is 2.52. The van der Waals surface area contributed by atoms with Gasteiger partial charge < -0.3 is 51.3 Å². The van der Waals surface area contributed by atoms with Crippen molar-refractivity contribution in [3.05, 3.63) is 0 Å². The quantitative estimate of drug-likeness (QED) is 0.0792. The number of aliphatic carboxylic acids is 1. The lowest BCUT2D eigenvalue weighted by Gasteiger charge is -2.45. The molecule has 0 aromatic rings. The van der Waals surface area contributed by atoms with Gasteiger partial charge in [-0.3, -0.25) is 14.4 Å². The molecule has 8 atom stereocenters. The molecule has 0 spiro atoms. The van der Waals surface area contributed by atoms with Crippen LogP contribution in [0.5, 0.6) is 0 Å². The second-order valence-electron chi connectivity index (χ2n) is 8.21. The van der Waals surface area contributed by atoms with Crippen LogP contribution in [-0.4, -0.2) is 116 Å². The van der Waals surface area contributed by atoms with E-state index < -0.39 is 72.7 Å². The van der Waals surface area contributed by atoms with Crippen molar-refractivity contribution < 1.29 is 49.8 Å². The Morgan fingerprint density at radius 3 is 2.21 bits per heavy atom. The fourth-order valence-electron chi connectivity index (χ4n) is 3.27. The number of carbonyl (C=O) groups is 3. The van der Waals surface area contributed by atoms with Crippen LogP contribution in [0.2, 0.25) is 0 Å². The van der Waals surface area contributed by atoms with E-state index in [1.807, 2.05) is 0 Å². The molecule has 34 heavy (non-hydrogen) atoms. The molecule has 1 aliphatic rings. The third-order valence-corrected chi connectivity index (χ3v) is 5.75. The minimum atomic E-state index is -2.17. The van der Waals surface area contributed by atoms with E-state index in [0.717, 1.165) is 0 Å². The Hall–Kier alpha value is -1.62. The molecule has 15 heteroatoms. The number of aliphatic hydroxyl groups is 5. The molecule has 1 rings (SSSR count). The molecule has 10 N–H and O–H groups in total. The molecule has 0 bridgehead atoms. The average Bonchev–Trinajstić information content (AvgIpc) is 2.79. The number of hydrogen-bond acceptors (Lipinski definition) is 11. The average molecular weight is 515 g/mol. The second kappa shape index (κ2) is 14.1. The number of halogens is 1. The van der Waals surface area contributed by atoms with Gasteiger partial charge in [0, 0.05) is 13.0 Å². The van der Waals surface area contributed by atoms with Gasteiger partial charge in [-0.25, -0.2) is 4.84 Å². The summed E-state index contributed by atoms with van der Waals surface area (Å²) in [5.74, 6) is -4.60. The fourth-order valence-corrected chi connectivity index (χ4v) is 3.47. The molecule has 8 unspecified atom stereocenters. The summed E-state index contributed by atoms with van der Waals surface area (Å²) in [5, 5.41) is 65.7. The Kier molecular flexibility index (Phi) is 12.6. The topological polar surface area (TPSA) is 230 Å². The number of carboxylic acids is 1. The number of amides is 2. The SMILES string of the molecule is CC(NC(=O)C(C)NC(=O)C(CCCNCCC1(O)OC(CO)C(O)C(O)C1O)NCl)C(=O)O. The molecule has 14 nitrogen and oxygen atoms in total. The third-order valence-electron chi connectivity index (χ3n) is 5.49. The summed E-state index contributed by atoms with van der Waals surface area (Å²) in [6.45, 7) is 2.54. The summed E-state index contributed by atoms with van der Waals surface area (Å²) in [7, 11) is 0. The number of aliphatic hydroxyl groups excluding tert-OH is 4. The zero-order chi connectivity index (χ0) is 26.1. The molecule has 0 aromatic carbocycles. The second-order valence-corrected chi connectivity index (χ2v) is 8.43. The van der Waals surface area contributed by atoms with Gasteiger partial charge in [0.25, 0.3) is 0 Å². The van der Waals surface area contributed by atoms with E-state index in [-0.39, 0.29) is 19.4 Å². The van der Waals surface area contributed by atoms with Gasteiger partial charge in [-0.05, 0) is 45.0 Å². The molecule has 0 radical (unpaired) electrons. The summed E-state index contributed by atoms with van der Waals surface area (Å²) in [5.41, 5.74) is 0. The van der Waals surface area contributed by atoms with Gasteiger partial charge >= 0.3 is 5.97 Å². The Balaban J connectivity index is 2.39. The molecule has 2 amide bonds. The Labute approximate surface area is 201 Å². The van der Waals surface area contributed by atoms with E-state index >= 15 is 0 Å². The first-order chi connectivity index (χ1) is 15.9. The highest BCUT2D eigenvalue weighted by atomic mass is 35.5. The van der Waals surface area contributed by atoms with Crippen LogP contribution in [-0.2, 0) is 19.1 Å². The highest BCUT2D eigenvalue weighted by Crippen LogP contribution is 2.30. The van der Waals surface area contributed by atoms with Crippen molar-refractivity contribution in [2.75, 3.05) is 19.7 Å². The lowest BCUT2D eigenvalue weighted by Crippen LogP contribution is -2.65.